The number of likely N-dealkylation sites (tertiary alicyclic amines) is 1. The molecule has 0 amide bonds. The predicted molar refractivity (Wildman–Crippen MR) is 77.8 cm³/mol. The van der Waals surface area contributed by atoms with E-state index in [1.807, 2.05) is 0 Å². The van der Waals surface area contributed by atoms with Gasteiger partial charge in [-0.25, -0.2) is 0 Å². The molecule has 1 rings (SSSR count). The Hall–Kier alpha value is -0.120. The van der Waals surface area contributed by atoms with Crippen LogP contribution in [0.2, 0.25) is 0 Å². The molecule has 1 fully saturated rings. The summed E-state index contributed by atoms with van der Waals surface area (Å²) >= 11 is 0. The minimum atomic E-state index is -0.115. The first kappa shape index (κ1) is 15.9. The lowest BCUT2D eigenvalue weighted by Gasteiger charge is -2.40. The topological polar surface area (TPSA) is 35.5 Å². The molecule has 0 aromatic rings. The van der Waals surface area contributed by atoms with Gasteiger partial charge in [0.1, 0.15) is 0 Å². The van der Waals surface area contributed by atoms with Crippen molar-refractivity contribution in [1.82, 2.24) is 10.2 Å². The van der Waals surface area contributed by atoms with E-state index in [0.29, 0.717) is 6.04 Å². The van der Waals surface area contributed by atoms with Crippen LogP contribution in [0, 0.1) is 5.92 Å². The number of hydrogen-bond acceptors (Lipinski definition) is 3. The van der Waals surface area contributed by atoms with E-state index in [1.165, 1.54) is 19.4 Å². The summed E-state index contributed by atoms with van der Waals surface area (Å²) in [5, 5.41) is 13.1. The number of rotatable bonds is 7. The Labute approximate surface area is 113 Å². The van der Waals surface area contributed by atoms with Gasteiger partial charge in [0.2, 0.25) is 0 Å². The Morgan fingerprint density at radius 2 is 2.11 bits per heavy atom. The van der Waals surface area contributed by atoms with Crippen LogP contribution >= 0.6 is 0 Å². The second-order valence-electron chi connectivity index (χ2n) is 6.29. The zero-order chi connectivity index (χ0) is 13.6. The molecule has 0 radical (unpaired) electrons. The molecule has 1 aliphatic heterocycles. The van der Waals surface area contributed by atoms with Crippen molar-refractivity contribution < 1.29 is 5.11 Å². The fourth-order valence-corrected chi connectivity index (χ4v) is 2.78. The van der Waals surface area contributed by atoms with Crippen LogP contribution in [0.3, 0.4) is 0 Å². The zero-order valence-corrected chi connectivity index (χ0v) is 12.7. The number of piperidine rings is 1. The summed E-state index contributed by atoms with van der Waals surface area (Å²) in [7, 11) is 0. The van der Waals surface area contributed by atoms with Crippen LogP contribution in [0.4, 0.5) is 0 Å². The SMILES string of the molecule is CCCNC(C)(CO)CCN1CCCC(C)C1C. The molecule has 1 aliphatic rings. The van der Waals surface area contributed by atoms with Gasteiger partial charge in [0.15, 0.2) is 0 Å². The van der Waals surface area contributed by atoms with Gasteiger partial charge < -0.3 is 15.3 Å². The molecule has 3 unspecified atom stereocenters. The number of aliphatic hydroxyl groups excluding tert-OH is 1. The largest absolute Gasteiger partial charge is 0.394 e. The molecule has 3 heteroatoms. The van der Waals surface area contributed by atoms with Crippen LogP contribution in [-0.2, 0) is 0 Å². The van der Waals surface area contributed by atoms with E-state index in [0.717, 1.165) is 31.8 Å². The average molecular weight is 256 g/mol. The van der Waals surface area contributed by atoms with E-state index in [2.05, 4.69) is 37.9 Å². The van der Waals surface area contributed by atoms with Crippen LogP contribution in [0.1, 0.15) is 53.4 Å². The number of nitrogens with zero attached hydrogens (tertiary/aromatic N) is 1. The summed E-state index contributed by atoms with van der Waals surface area (Å²) in [5.74, 6) is 0.808. The van der Waals surface area contributed by atoms with Gasteiger partial charge in [0.25, 0.3) is 0 Å². The van der Waals surface area contributed by atoms with Crippen molar-refractivity contribution in [3.63, 3.8) is 0 Å². The van der Waals surface area contributed by atoms with E-state index < -0.39 is 0 Å². The number of nitrogens with one attached hydrogen (secondary N) is 1. The van der Waals surface area contributed by atoms with Gasteiger partial charge >= 0.3 is 0 Å². The van der Waals surface area contributed by atoms with Crippen molar-refractivity contribution in [2.45, 2.75) is 65.0 Å². The van der Waals surface area contributed by atoms with Gasteiger partial charge in [-0.2, -0.15) is 0 Å². The Balaban J connectivity index is 2.41. The molecule has 0 bridgehead atoms. The highest BCUT2D eigenvalue weighted by molar-refractivity contribution is 4.86. The van der Waals surface area contributed by atoms with Crippen LogP contribution in [0.5, 0.6) is 0 Å². The average Bonchev–Trinajstić information content (AvgIpc) is 2.38. The zero-order valence-electron chi connectivity index (χ0n) is 12.7. The Kier molecular flexibility index (Phi) is 6.61. The minimum Gasteiger partial charge on any atom is -0.394 e. The molecular weight excluding hydrogens is 224 g/mol. The molecule has 0 aliphatic carbocycles. The van der Waals surface area contributed by atoms with Gasteiger partial charge in [0, 0.05) is 18.1 Å². The standard InChI is InChI=1S/C15H32N2O/c1-5-9-16-15(4,12-18)8-11-17-10-6-7-13(2)14(17)3/h13-14,16,18H,5-12H2,1-4H3. The predicted octanol–water partition coefficient (Wildman–Crippen LogP) is 2.25. The van der Waals surface area contributed by atoms with Crippen molar-refractivity contribution in [3.8, 4) is 0 Å². The van der Waals surface area contributed by atoms with Crippen LogP contribution < -0.4 is 5.32 Å². The highest BCUT2D eigenvalue weighted by Crippen LogP contribution is 2.24. The van der Waals surface area contributed by atoms with Crippen molar-refractivity contribution in [1.29, 1.82) is 0 Å². The van der Waals surface area contributed by atoms with E-state index in [4.69, 9.17) is 0 Å². The molecule has 3 nitrogen and oxygen atoms in total. The minimum absolute atomic E-state index is 0.115. The lowest BCUT2D eigenvalue weighted by Crippen LogP contribution is -2.50. The molecule has 108 valence electrons. The van der Waals surface area contributed by atoms with Crippen molar-refractivity contribution in [2.75, 3.05) is 26.2 Å². The Morgan fingerprint density at radius 1 is 1.39 bits per heavy atom. The first-order chi connectivity index (χ1) is 8.52. The van der Waals surface area contributed by atoms with Gasteiger partial charge in [-0.05, 0) is 58.5 Å². The van der Waals surface area contributed by atoms with E-state index >= 15 is 0 Å². The highest BCUT2D eigenvalue weighted by Gasteiger charge is 2.28. The maximum absolute atomic E-state index is 9.58. The molecule has 18 heavy (non-hydrogen) atoms. The quantitative estimate of drug-likeness (QED) is 0.733. The third kappa shape index (κ3) is 4.52. The summed E-state index contributed by atoms with van der Waals surface area (Å²) in [6, 6.07) is 0.688. The molecule has 0 aromatic heterocycles. The third-order valence-electron chi connectivity index (χ3n) is 4.61. The first-order valence-corrected chi connectivity index (χ1v) is 7.62. The maximum Gasteiger partial charge on any atom is 0.0611 e. The summed E-state index contributed by atoms with van der Waals surface area (Å²) < 4.78 is 0. The molecule has 0 saturated carbocycles. The van der Waals surface area contributed by atoms with Gasteiger partial charge in [-0.1, -0.05) is 13.8 Å². The monoisotopic (exact) mass is 256 g/mol. The fourth-order valence-electron chi connectivity index (χ4n) is 2.78. The van der Waals surface area contributed by atoms with Crippen molar-refractivity contribution in [2.24, 2.45) is 5.92 Å². The lowest BCUT2D eigenvalue weighted by molar-refractivity contribution is 0.0876. The summed E-state index contributed by atoms with van der Waals surface area (Å²) in [6.45, 7) is 12.5. The maximum atomic E-state index is 9.58. The number of aliphatic hydroxyl groups is 1. The second-order valence-corrected chi connectivity index (χ2v) is 6.29. The van der Waals surface area contributed by atoms with E-state index in [1.54, 1.807) is 0 Å². The van der Waals surface area contributed by atoms with Crippen LogP contribution in [0.15, 0.2) is 0 Å². The summed E-state index contributed by atoms with van der Waals surface area (Å²) in [6.07, 6.45) is 4.83. The highest BCUT2D eigenvalue weighted by atomic mass is 16.3. The molecule has 1 saturated heterocycles. The third-order valence-corrected chi connectivity index (χ3v) is 4.61. The van der Waals surface area contributed by atoms with Crippen molar-refractivity contribution in [3.05, 3.63) is 0 Å². The van der Waals surface area contributed by atoms with Gasteiger partial charge in [-0.15, -0.1) is 0 Å². The molecule has 0 aromatic carbocycles. The fraction of sp³-hybridized carbons (Fsp3) is 1.00. The van der Waals surface area contributed by atoms with E-state index in [-0.39, 0.29) is 12.1 Å². The van der Waals surface area contributed by atoms with Gasteiger partial charge in [0.05, 0.1) is 6.61 Å². The molecular formula is C15H32N2O. The molecule has 1 heterocycles. The molecule has 0 spiro atoms. The number of hydrogen-bond donors (Lipinski definition) is 2. The lowest BCUT2D eigenvalue weighted by atomic mass is 9.90. The summed E-state index contributed by atoms with van der Waals surface area (Å²) in [5.41, 5.74) is -0.115. The molecule has 3 atom stereocenters. The van der Waals surface area contributed by atoms with Crippen molar-refractivity contribution >= 4 is 0 Å². The summed E-state index contributed by atoms with van der Waals surface area (Å²) in [4.78, 5) is 2.59. The Morgan fingerprint density at radius 3 is 2.72 bits per heavy atom. The van der Waals surface area contributed by atoms with Crippen LogP contribution in [0.25, 0.3) is 0 Å². The first-order valence-electron chi connectivity index (χ1n) is 7.62. The van der Waals surface area contributed by atoms with Gasteiger partial charge in [-0.3, -0.25) is 0 Å². The van der Waals surface area contributed by atoms with Crippen LogP contribution in [-0.4, -0.2) is 47.8 Å². The smallest absolute Gasteiger partial charge is 0.0611 e. The normalized spacial score (nSPS) is 29.2. The molecule has 2 N–H and O–H groups in total. The van der Waals surface area contributed by atoms with E-state index in [9.17, 15) is 5.11 Å². The Bertz CT molecular complexity index is 235. The second kappa shape index (κ2) is 7.46.